The van der Waals surface area contributed by atoms with Crippen molar-refractivity contribution in [3.8, 4) is 0 Å². The average molecular weight is 309 g/mol. The Bertz CT molecular complexity index is 427. The quantitative estimate of drug-likeness (QED) is 0.493. The maximum Gasteiger partial charge on any atom is 0.191 e. The molecule has 0 spiro atoms. The molecule has 22 heavy (non-hydrogen) atoms. The molecule has 1 aromatic heterocycles. The van der Waals surface area contributed by atoms with Crippen LogP contribution in [0.1, 0.15) is 32.5 Å². The van der Waals surface area contributed by atoms with Gasteiger partial charge in [0, 0.05) is 39.6 Å². The molecule has 0 bridgehead atoms. The lowest BCUT2D eigenvalue weighted by molar-refractivity contribution is 0.332. The first kappa shape index (κ1) is 18.4. The maximum absolute atomic E-state index is 4.24. The Morgan fingerprint density at radius 3 is 2.73 bits per heavy atom. The monoisotopic (exact) mass is 309 g/mol. The standard InChI is InChI=1S/C15H31N7/c1-5-7-10-21(4)11-8-17-15(16-3)18-9-12-22-13-19-20-14(22)6-2/h13H,5-12H2,1-4H3,(H2,16,17,18). The Kier molecular flexibility index (Phi) is 9.21. The highest BCUT2D eigenvalue weighted by molar-refractivity contribution is 5.79. The van der Waals surface area contributed by atoms with Gasteiger partial charge in [-0.05, 0) is 20.0 Å². The molecule has 0 aliphatic carbocycles. The van der Waals surface area contributed by atoms with E-state index in [1.807, 2.05) is 0 Å². The number of hydrogen-bond donors (Lipinski definition) is 2. The van der Waals surface area contributed by atoms with E-state index in [0.717, 1.165) is 50.9 Å². The number of unbranched alkanes of at least 4 members (excludes halogenated alkanes) is 1. The van der Waals surface area contributed by atoms with Crippen LogP contribution < -0.4 is 10.6 Å². The predicted octanol–water partition coefficient (Wildman–Crippen LogP) is 0.737. The van der Waals surface area contributed by atoms with Gasteiger partial charge >= 0.3 is 0 Å². The summed E-state index contributed by atoms with van der Waals surface area (Å²) in [6.07, 6.45) is 5.17. The van der Waals surface area contributed by atoms with Crippen molar-refractivity contribution in [3.05, 3.63) is 12.2 Å². The summed E-state index contributed by atoms with van der Waals surface area (Å²) < 4.78 is 2.07. The summed E-state index contributed by atoms with van der Waals surface area (Å²) in [5.74, 6) is 1.86. The molecule has 1 aromatic rings. The number of guanidine groups is 1. The van der Waals surface area contributed by atoms with Gasteiger partial charge in [-0.1, -0.05) is 20.3 Å². The molecule has 7 heteroatoms. The fourth-order valence-corrected chi connectivity index (χ4v) is 2.16. The zero-order valence-electron chi connectivity index (χ0n) is 14.5. The molecule has 0 aromatic carbocycles. The highest BCUT2D eigenvalue weighted by Crippen LogP contribution is 1.94. The van der Waals surface area contributed by atoms with Gasteiger partial charge in [-0.2, -0.15) is 0 Å². The van der Waals surface area contributed by atoms with Crippen LogP contribution in [0, 0.1) is 0 Å². The zero-order valence-corrected chi connectivity index (χ0v) is 14.5. The fraction of sp³-hybridized carbons (Fsp3) is 0.800. The number of hydrogen-bond acceptors (Lipinski definition) is 4. The average Bonchev–Trinajstić information content (AvgIpc) is 2.98. The van der Waals surface area contributed by atoms with Gasteiger partial charge < -0.3 is 20.1 Å². The van der Waals surface area contributed by atoms with Gasteiger partial charge in [0.25, 0.3) is 0 Å². The van der Waals surface area contributed by atoms with Crippen LogP contribution in [-0.4, -0.2) is 65.9 Å². The zero-order chi connectivity index (χ0) is 16.2. The molecular formula is C15H31N7. The van der Waals surface area contributed by atoms with E-state index >= 15 is 0 Å². The minimum absolute atomic E-state index is 0.802. The summed E-state index contributed by atoms with van der Waals surface area (Å²) in [6.45, 7) is 9.02. The molecule has 0 unspecified atom stereocenters. The van der Waals surface area contributed by atoms with E-state index < -0.39 is 0 Å². The molecule has 0 aliphatic heterocycles. The lowest BCUT2D eigenvalue weighted by Crippen LogP contribution is -2.42. The first-order valence-electron chi connectivity index (χ1n) is 8.21. The van der Waals surface area contributed by atoms with Crippen LogP contribution in [0.5, 0.6) is 0 Å². The normalized spacial score (nSPS) is 12.0. The van der Waals surface area contributed by atoms with Crippen molar-refractivity contribution < 1.29 is 0 Å². The third kappa shape index (κ3) is 6.89. The molecule has 1 heterocycles. The van der Waals surface area contributed by atoms with E-state index in [-0.39, 0.29) is 0 Å². The van der Waals surface area contributed by atoms with Gasteiger partial charge in [0.1, 0.15) is 12.2 Å². The first-order valence-corrected chi connectivity index (χ1v) is 8.21. The van der Waals surface area contributed by atoms with Gasteiger partial charge in [0.15, 0.2) is 5.96 Å². The number of likely N-dealkylation sites (N-methyl/N-ethyl adjacent to an activating group) is 1. The molecule has 0 fully saturated rings. The summed E-state index contributed by atoms with van der Waals surface area (Å²) in [5.41, 5.74) is 0. The molecule has 0 radical (unpaired) electrons. The van der Waals surface area contributed by atoms with Crippen LogP contribution in [0.25, 0.3) is 0 Å². The number of nitrogens with one attached hydrogen (secondary N) is 2. The number of rotatable bonds is 10. The van der Waals surface area contributed by atoms with Crippen molar-refractivity contribution in [2.45, 2.75) is 39.7 Å². The lowest BCUT2D eigenvalue weighted by atomic mass is 10.3. The number of nitrogens with zero attached hydrogens (tertiary/aromatic N) is 5. The molecule has 2 N–H and O–H groups in total. The second kappa shape index (κ2) is 11.0. The largest absolute Gasteiger partial charge is 0.355 e. The van der Waals surface area contributed by atoms with Crippen LogP contribution in [0.15, 0.2) is 11.3 Å². The van der Waals surface area contributed by atoms with E-state index in [2.05, 4.69) is 56.2 Å². The van der Waals surface area contributed by atoms with Crippen LogP contribution >= 0.6 is 0 Å². The fourth-order valence-electron chi connectivity index (χ4n) is 2.16. The highest BCUT2D eigenvalue weighted by atomic mass is 15.3. The Labute approximate surface area is 134 Å². The van der Waals surface area contributed by atoms with Gasteiger partial charge in [0.2, 0.25) is 0 Å². The van der Waals surface area contributed by atoms with E-state index in [9.17, 15) is 0 Å². The highest BCUT2D eigenvalue weighted by Gasteiger charge is 2.02. The first-order chi connectivity index (χ1) is 10.7. The van der Waals surface area contributed by atoms with Crippen LogP contribution in [-0.2, 0) is 13.0 Å². The Morgan fingerprint density at radius 1 is 1.27 bits per heavy atom. The predicted molar refractivity (Wildman–Crippen MR) is 91.2 cm³/mol. The van der Waals surface area contributed by atoms with E-state index in [1.165, 1.54) is 12.8 Å². The van der Waals surface area contributed by atoms with E-state index in [4.69, 9.17) is 0 Å². The van der Waals surface area contributed by atoms with Gasteiger partial charge in [-0.15, -0.1) is 10.2 Å². The maximum atomic E-state index is 4.24. The molecule has 126 valence electrons. The second-order valence-electron chi connectivity index (χ2n) is 5.38. The Morgan fingerprint density at radius 2 is 2.05 bits per heavy atom. The summed E-state index contributed by atoms with van der Waals surface area (Å²) >= 11 is 0. The third-order valence-electron chi connectivity index (χ3n) is 3.56. The van der Waals surface area contributed by atoms with Crippen molar-refractivity contribution >= 4 is 5.96 Å². The van der Waals surface area contributed by atoms with Crippen molar-refractivity contribution in [3.63, 3.8) is 0 Å². The lowest BCUT2D eigenvalue weighted by Gasteiger charge is -2.18. The smallest absolute Gasteiger partial charge is 0.191 e. The van der Waals surface area contributed by atoms with Crippen molar-refractivity contribution in [2.24, 2.45) is 4.99 Å². The number of aryl methyl sites for hydroxylation is 1. The SMILES string of the molecule is CCCCN(C)CCNC(=NC)NCCn1cnnc1CC. The Hall–Kier alpha value is -1.63. The van der Waals surface area contributed by atoms with Gasteiger partial charge in [-0.3, -0.25) is 4.99 Å². The van der Waals surface area contributed by atoms with Crippen LogP contribution in [0.4, 0.5) is 0 Å². The topological polar surface area (TPSA) is 70.4 Å². The van der Waals surface area contributed by atoms with Crippen LogP contribution in [0.3, 0.4) is 0 Å². The molecule has 0 saturated carbocycles. The van der Waals surface area contributed by atoms with Crippen LogP contribution in [0.2, 0.25) is 0 Å². The third-order valence-corrected chi connectivity index (χ3v) is 3.56. The van der Waals surface area contributed by atoms with Crippen molar-refractivity contribution in [2.75, 3.05) is 40.3 Å². The van der Waals surface area contributed by atoms with E-state index in [0.29, 0.717) is 0 Å². The van der Waals surface area contributed by atoms with Gasteiger partial charge in [0.05, 0.1) is 0 Å². The Balaban J connectivity index is 2.20. The summed E-state index contributed by atoms with van der Waals surface area (Å²) in [6, 6.07) is 0. The molecule has 7 nitrogen and oxygen atoms in total. The molecule has 0 aliphatic rings. The van der Waals surface area contributed by atoms with Crippen molar-refractivity contribution in [1.82, 2.24) is 30.3 Å². The summed E-state index contributed by atoms with van der Waals surface area (Å²) in [5, 5.41) is 14.7. The molecule has 0 atom stereocenters. The molecule has 1 rings (SSSR count). The number of aromatic nitrogens is 3. The number of aliphatic imine (C=N–C) groups is 1. The molecule has 0 amide bonds. The van der Waals surface area contributed by atoms with Crippen molar-refractivity contribution in [1.29, 1.82) is 0 Å². The minimum atomic E-state index is 0.802. The van der Waals surface area contributed by atoms with E-state index in [1.54, 1.807) is 13.4 Å². The molecule has 0 saturated heterocycles. The van der Waals surface area contributed by atoms with Gasteiger partial charge in [-0.25, -0.2) is 0 Å². The summed E-state index contributed by atoms with van der Waals surface area (Å²) in [7, 11) is 3.96. The molecular weight excluding hydrogens is 278 g/mol. The second-order valence-corrected chi connectivity index (χ2v) is 5.38. The summed E-state index contributed by atoms with van der Waals surface area (Å²) in [4.78, 5) is 6.59. The minimum Gasteiger partial charge on any atom is -0.355 e.